The molecule has 0 saturated heterocycles. The van der Waals surface area contributed by atoms with Crippen LogP contribution in [0.15, 0.2) is 0 Å². The Morgan fingerprint density at radius 3 is 1.00 bits per heavy atom. The molecular weight excluding hydrogens is 117 g/mol. The SMILES string of the molecule is ClCl.[H-].[H-].[Na+].[Na+]. The van der Waals surface area contributed by atoms with Crippen molar-refractivity contribution in [3.8, 4) is 0 Å². The normalized spacial score (nSPS) is 1.50. The van der Waals surface area contributed by atoms with Crippen LogP contribution in [0.1, 0.15) is 2.85 Å². The fourth-order valence-corrected chi connectivity index (χ4v) is 0. The first-order valence-corrected chi connectivity index (χ1v) is 1.29. The van der Waals surface area contributed by atoms with Gasteiger partial charge >= 0.3 is 59.1 Å². The summed E-state index contributed by atoms with van der Waals surface area (Å²) < 4.78 is 0. The zero-order chi connectivity index (χ0) is 2.00. The molecule has 0 N–H and O–H groups in total. The molecule has 0 spiro atoms. The molecule has 0 amide bonds. The molecule has 4 heteroatoms. The third-order valence-electron chi connectivity index (χ3n) is 0. The van der Waals surface area contributed by atoms with Crippen LogP contribution in [0.25, 0.3) is 0 Å². The Labute approximate surface area is 82.4 Å². The first-order chi connectivity index (χ1) is 1.00. The van der Waals surface area contributed by atoms with E-state index in [2.05, 4.69) is 21.7 Å². The van der Waals surface area contributed by atoms with Crippen LogP contribution in [-0.4, -0.2) is 0 Å². The number of hydrogen-bond acceptors (Lipinski definition) is 0. The topological polar surface area (TPSA) is 0 Å². The van der Waals surface area contributed by atoms with Gasteiger partial charge in [0, 0.05) is 21.7 Å². The molecule has 0 heterocycles. The minimum atomic E-state index is 0. The first kappa shape index (κ1) is 16.0. The molecule has 0 aliphatic rings. The average Bonchev–Trinajstić information content (AvgIpc) is 1.00. The second-order valence-electron chi connectivity index (χ2n) is 0. The average molecular weight is 119 g/mol. The predicted octanol–water partition coefficient (Wildman–Crippen LogP) is -4.39. The molecule has 0 atom stereocenters. The maximum Gasteiger partial charge on any atom is 1.00 e. The van der Waals surface area contributed by atoms with Gasteiger partial charge in [-0.3, -0.25) is 0 Å². The summed E-state index contributed by atoms with van der Waals surface area (Å²) in [7, 11) is 8.22. The molecule has 0 aliphatic heterocycles. The van der Waals surface area contributed by atoms with Gasteiger partial charge in [-0.1, -0.05) is 0 Å². The molecule has 0 saturated carbocycles. The van der Waals surface area contributed by atoms with E-state index in [9.17, 15) is 0 Å². The van der Waals surface area contributed by atoms with E-state index in [0.717, 1.165) is 0 Å². The first-order valence-electron chi connectivity index (χ1n) is 0.143. The molecule has 0 radical (unpaired) electrons. The van der Waals surface area contributed by atoms with Gasteiger partial charge in [-0.25, -0.2) is 0 Å². The van der Waals surface area contributed by atoms with Crippen LogP contribution in [0.4, 0.5) is 0 Å². The smallest absolute Gasteiger partial charge is 1.00 e. The number of hydrogen-bond donors (Lipinski definition) is 0. The van der Waals surface area contributed by atoms with Gasteiger partial charge in [-0.05, 0) is 0 Å². The second-order valence-corrected chi connectivity index (χ2v) is 0. The van der Waals surface area contributed by atoms with Crippen molar-refractivity contribution in [3.05, 3.63) is 0 Å². The van der Waals surface area contributed by atoms with Crippen molar-refractivity contribution in [1.29, 1.82) is 0 Å². The number of halogens is 2. The zero-order valence-corrected chi connectivity index (χ0v) is 8.27. The summed E-state index contributed by atoms with van der Waals surface area (Å²) in [6.07, 6.45) is 0. The van der Waals surface area contributed by atoms with Crippen LogP contribution in [-0.2, 0) is 0 Å². The molecule has 0 aromatic heterocycles. The van der Waals surface area contributed by atoms with Crippen molar-refractivity contribution in [2.75, 3.05) is 0 Å². The van der Waals surface area contributed by atoms with E-state index in [0.29, 0.717) is 0 Å². The molecule has 18 valence electrons. The Bertz CT molecular complexity index is 9.51. The van der Waals surface area contributed by atoms with Crippen molar-refractivity contribution in [1.82, 2.24) is 0 Å². The standard InChI is InChI=1S/Cl2.2Na.2H/c1-2;;;;/q;2*+1;2*-1. The summed E-state index contributed by atoms with van der Waals surface area (Å²) >= 11 is 0. The van der Waals surface area contributed by atoms with Crippen LogP contribution in [0.2, 0.25) is 0 Å². The van der Waals surface area contributed by atoms with E-state index >= 15 is 0 Å². The monoisotopic (exact) mass is 118 g/mol. The van der Waals surface area contributed by atoms with Gasteiger partial charge in [0.2, 0.25) is 0 Å². The molecule has 0 nitrogen and oxygen atoms in total. The van der Waals surface area contributed by atoms with E-state index in [4.69, 9.17) is 0 Å². The van der Waals surface area contributed by atoms with Gasteiger partial charge in [0.25, 0.3) is 0 Å². The third kappa shape index (κ3) is 8.82. The summed E-state index contributed by atoms with van der Waals surface area (Å²) in [5.41, 5.74) is 0. The molecule has 0 aliphatic carbocycles. The minimum absolute atomic E-state index is 0. The Morgan fingerprint density at radius 2 is 1.00 bits per heavy atom. The fourth-order valence-electron chi connectivity index (χ4n) is 0. The third-order valence-corrected chi connectivity index (χ3v) is 0. The summed E-state index contributed by atoms with van der Waals surface area (Å²) in [4.78, 5) is 0. The maximum atomic E-state index is 4.11. The molecule has 0 unspecified atom stereocenters. The Balaban J connectivity index is -0.000000000833. The largest absolute Gasteiger partial charge is 1.00 e. The van der Waals surface area contributed by atoms with Crippen molar-refractivity contribution in [2.24, 2.45) is 0 Å². The van der Waals surface area contributed by atoms with Crippen molar-refractivity contribution in [3.63, 3.8) is 0 Å². The van der Waals surface area contributed by atoms with Crippen LogP contribution < -0.4 is 59.1 Å². The van der Waals surface area contributed by atoms with E-state index in [1.165, 1.54) is 0 Å². The van der Waals surface area contributed by atoms with Gasteiger partial charge in [-0.2, -0.15) is 0 Å². The van der Waals surface area contributed by atoms with Crippen molar-refractivity contribution < 1.29 is 62.0 Å². The van der Waals surface area contributed by atoms with Crippen LogP contribution in [0, 0.1) is 0 Å². The van der Waals surface area contributed by atoms with E-state index in [1.54, 1.807) is 0 Å². The van der Waals surface area contributed by atoms with Crippen LogP contribution >= 0.6 is 21.7 Å². The quantitative estimate of drug-likeness (QED) is 0.282. The molecule has 0 rings (SSSR count). The van der Waals surface area contributed by atoms with Gasteiger partial charge < -0.3 is 2.85 Å². The predicted molar refractivity (Wildman–Crippen MR) is 13.9 cm³/mol. The van der Waals surface area contributed by atoms with Gasteiger partial charge in [0.05, 0.1) is 0 Å². The van der Waals surface area contributed by atoms with Crippen LogP contribution in [0.3, 0.4) is 0 Å². The van der Waals surface area contributed by atoms with E-state index in [-0.39, 0.29) is 62.0 Å². The summed E-state index contributed by atoms with van der Waals surface area (Å²) in [6.45, 7) is 0. The van der Waals surface area contributed by atoms with Crippen molar-refractivity contribution >= 4 is 21.7 Å². The molecule has 0 fully saturated rings. The van der Waals surface area contributed by atoms with Gasteiger partial charge in [-0.15, -0.1) is 0 Å². The molecule has 0 aromatic rings. The van der Waals surface area contributed by atoms with E-state index in [1.807, 2.05) is 0 Å². The van der Waals surface area contributed by atoms with Crippen molar-refractivity contribution in [2.45, 2.75) is 0 Å². The van der Waals surface area contributed by atoms with E-state index < -0.39 is 0 Å². The maximum absolute atomic E-state index is 4.11. The molecule has 4 heavy (non-hydrogen) atoms. The van der Waals surface area contributed by atoms with Gasteiger partial charge in [0.15, 0.2) is 0 Å². The Hall–Kier alpha value is 2.58. The zero-order valence-electron chi connectivity index (χ0n) is 4.76. The summed E-state index contributed by atoms with van der Waals surface area (Å²) in [5.74, 6) is 0. The Kier molecular flexibility index (Phi) is 70.3. The minimum Gasteiger partial charge on any atom is -1.00 e. The molecular formula is H2Cl2Na2. The fraction of sp³-hybridized carbons (Fsp3) is 0. The van der Waals surface area contributed by atoms with Gasteiger partial charge in [0.1, 0.15) is 0 Å². The molecule has 0 aromatic carbocycles. The number of rotatable bonds is 0. The van der Waals surface area contributed by atoms with Crippen LogP contribution in [0.5, 0.6) is 0 Å². The molecule has 0 bridgehead atoms. The second kappa shape index (κ2) is 17.6. The summed E-state index contributed by atoms with van der Waals surface area (Å²) in [6, 6.07) is 0. The summed E-state index contributed by atoms with van der Waals surface area (Å²) in [5, 5.41) is 0. The Morgan fingerprint density at radius 1 is 1.00 bits per heavy atom.